The van der Waals surface area contributed by atoms with Gasteiger partial charge >= 0.3 is 5.97 Å². The third kappa shape index (κ3) is 5.46. The Bertz CT molecular complexity index is 1430. The Morgan fingerprint density at radius 1 is 1.20 bits per heavy atom. The molecule has 0 saturated carbocycles. The van der Waals surface area contributed by atoms with Crippen molar-refractivity contribution in [2.45, 2.75) is 44.1 Å². The maximum absolute atomic E-state index is 14.2. The van der Waals surface area contributed by atoms with Crippen molar-refractivity contribution in [2.75, 3.05) is 43.0 Å². The highest BCUT2D eigenvalue weighted by atomic mass is 19.1. The van der Waals surface area contributed by atoms with Crippen LogP contribution in [0.1, 0.15) is 52.5 Å². The molecule has 2 aromatic heterocycles. The summed E-state index contributed by atoms with van der Waals surface area (Å²) in [6.07, 6.45) is 3.11. The number of piperidine rings is 1. The number of rotatable bonds is 9. The van der Waals surface area contributed by atoms with Gasteiger partial charge in [0.25, 0.3) is 0 Å². The minimum atomic E-state index is -0.973. The van der Waals surface area contributed by atoms with Crippen LogP contribution in [0.25, 0.3) is 0 Å². The summed E-state index contributed by atoms with van der Waals surface area (Å²) in [7, 11) is 0. The van der Waals surface area contributed by atoms with Crippen molar-refractivity contribution >= 4 is 17.5 Å². The normalized spacial score (nSPS) is 20.9. The van der Waals surface area contributed by atoms with Crippen LogP contribution >= 0.6 is 0 Å². The topological polar surface area (TPSA) is 127 Å². The van der Waals surface area contributed by atoms with Gasteiger partial charge in [-0.25, -0.2) is 14.2 Å². The summed E-state index contributed by atoms with van der Waals surface area (Å²) < 4.78 is 25.7. The Kier molecular flexibility index (Phi) is 7.28. The summed E-state index contributed by atoms with van der Waals surface area (Å²) >= 11 is 0. The van der Waals surface area contributed by atoms with Gasteiger partial charge in [-0.15, -0.1) is 0 Å². The van der Waals surface area contributed by atoms with Crippen molar-refractivity contribution in [1.29, 1.82) is 5.26 Å². The van der Waals surface area contributed by atoms with E-state index >= 15 is 0 Å². The van der Waals surface area contributed by atoms with Crippen LogP contribution in [0.5, 0.6) is 5.88 Å². The van der Waals surface area contributed by atoms with Crippen molar-refractivity contribution < 1.29 is 23.8 Å². The summed E-state index contributed by atoms with van der Waals surface area (Å²) in [6, 6.07) is 13.7. The number of halogens is 1. The Balaban J connectivity index is 1.04. The lowest BCUT2D eigenvalue weighted by Gasteiger charge is -2.38. The molecule has 5 heterocycles. The monoisotopic (exact) mass is 546 g/mol. The van der Waals surface area contributed by atoms with E-state index in [1.807, 2.05) is 18.2 Å². The Hall–Kier alpha value is -4.14. The number of anilines is 2. The van der Waals surface area contributed by atoms with Gasteiger partial charge in [0.2, 0.25) is 5.88 Å². The maximum atomic E-state index is 14.2. The lowest BCUT2D eigenvalue weighted by atomic mass is 9.93. The number of ether oxygens (including phenoxy) is 2. The predicted molar refractivity (Wildman–Crippen MR) is 145 cm³/mol. The number of nitrogens with one attached hydrogen (secondary N) is 2. The summed E-state index contributed by atoms with van der Waals surface area (Å²) in [5, 5.41) is 21.8. The van der Waals surface area contributed by atoms with Crippen molar-refractivity contribution in [3.63, 3.8) is 0 Å². The smallest absolute Gasteiger partial charge is 0.352 e. The zero-order valence-corrected chi connectivity index (χ0v) is 22.0. The van der Waals surface area contributed by atoms with Gasteiger partial charge in [0.05, 0.1) is 23.4 Å². The molecule has 3 aliphatic heterocycles. The molecule has 6 rings (SSSR count). The SMILES string of the molecule is N#Cc1ccc(COc2cccc(C3CCN(CC4Nc5[nH]c(C(=O)O)cc5N4CC4CCO4)CC3)n2)c(F)c1. The second kappa shape index (κ2) is 11.2. The number of likely N-dealkylation sites (tertiary alicyclic amines) is 1. The highest BCUT2D eigenvalue weighted by molar-refractivity contribution is 5.91. The Morgan fingerprint density at radius 3 is 2.73 bits per heavy atom. The number of carbonyl (C=O) groups is 1. The summed E-state index contributed by atoms with van der Waals surface area (Å²) in [5.41, 5.74) is 2.68. The molecule has 2 unspecified atom stereocenters. The summed E-state index contributed by atoms with van der Waals surface area (Å²) in [4.78, 5) is 23.8. The number of nitrogens with zero attached hydrogens (tertiary/aromatic N) is 4. The average Bonchev–Trinajstić information content (AvgIpc) is 3.49. The molecule has 3 N–H and O–H groups in total. The largest absolute Gasteiger partial charge is 0.477 e. The number of aromatic nitrogens is 2. The van der Waals surface area contributed by atoms with Crippen LogP contribution in [0.4, 0.5) is 15.9 Å². The van der Waals surface area contributed by atoms with Crippen LogP contribution in [0.3, 0.4) is 0 Å². The number of hydrogen-bond donors (Lipinski definition) is 3. The summed E-state index contributed by atoms with van der Waals surface area (Å²) in [5.74, 6) is 0.0632. The van der Waals surface area contributed by atoms with Crippen LogP contribution < -0.4 is 15.0 Å². The van der Waals surface area contributed by atoms with Crippen molar-refractivity contribution in [3.05, 3.63) is 70.8 Å². The molecule has 0 bridgehead atoms. The van der Waals surface area contributed by atoms with Gasteiger partial charge in [-0.3, -0.25) is 4.90 Å². The first kappa shape index (κ1) is 26.1. The van der Waals surface area contributed by atoms with E-state index in [0.717, 1.165) is 69.2 Å². The van der Waals surface area contributed by atoms with Gasteiger partial charge < -0.3 is 29.8 Å². The molecule has 11 heteroatoms. The number of pyridine rings is 1. The number of aromatic amines is 1. The van der Waals surface area contributed by atoms with Crippen LogP contribution in [-0.2, 0) is 11.3 Å². The lowest BCUT2D eigenvalue weighted by Crippen LogP contribution is -2.51. The summed E-state index contributed by atoms with van der Waals surface area (Å²) in [6.45, 7) is 4.16. The molecule has 1 aromatic carbocycles. The fourth-order valence-electron chi connectivity index (χ4n) is 5.61. The van der Waals surface area contributed by atoms with Crippen molar-refractivity contribution in [3.8, 4) is 11.9 Å². The predicted octanol–water partition coefficient (Wildman–Crippen LogP) is 3.92. The molecule has 3 aromatic rings. The van der Waals surface area contributed by atoms with Crippen molar-refractivity contribution in [2.24, 2.45) is 0 Å². The number of fused-ring (bicyclic) bond motifs is 1. The molecular weight excluding hydrogens is 515 g/mol. The van der Waals surface area contributed by atoms with Gasteiger partial charge in [-0.1, -0.05) is 12.1 Å². The van der Waals surface area contributed by atoms with Crippen LogP contribution in [-0.4, -0.2) is 71.0 Å². The van der Waals surface area contributed by atoms with Gasteiger partial charge in [-0.2, -0.15) is 5.26 Å². The number of hydrogen-bond acceptors (Lipinski definition) is 8. The highest BCUT2D eigenvalue weighted by Crippen LogP contribution is 2.37. The first-order valence-electron chi connectivity index (χ1n) is 13.6. The van der Waals surface area contributed by atoms with E-state index < -0.39 is 11.8 Å². The third-order valence-electron chi connectivity index (χ3n) is 7.96. The zero-order chi connectivity index (χ0) is 27.6. The molecule has 3 aliphatic rings. The molecule has 2 saturated heterocycles. The standard InChI is InChI=1S/C29H31FN6O4/c30-22-12-18(14-31)4-5-20(22)17-40-27-3-1-2-23(32-27)19-6-9-35(10-7-19)16-26-34-28-25(13-24(33-28)29(37)38)36(26)15-21-8-11-39-21/h1-5,12-13,19,21,26,33-34H,6-11,15-17H2,(H,37,38). The second-order valence-corrected chi connectivity index (χ2v) is 10.5. The highest BCUT2D eigenvalue weighted by Gasteiger charge is 2.36. The molecule has 2 atom stereocenters. The molecule has 208 valence electrons. The minimum Gasteiger partial charge on any atom is -0.477 e. The Morgan fingerprint density at radius 2 is 2.02 bits per heavy atom. The number of aromatic carboxylic acids is 1. The third-order valence-corrected chi connectivity index (χ3v) is 7.96. The molecule has 2 fully saturated rings. The Labute approximate surface area is 231 Å². The van der Waals surface area contributed by atoms with Crippen LogP contribution in [0.15, 0.2) is 42.5 Å². The van der Waals surface area contributed by atoms with Gasteiger partial charge in [0, 0.05) is 42.9 Å². The molecule has 0 spiro atoms. The number of carboxylic acids is 1. The van der Waals surface area contributed by atoms with E-state index in [9.17, 15) is 14.3 Å². The van der Waals surface area contributed by atoms with E-state index in [4.69, 9.17) is 19.7 Å². The molecular formula is C29H31FN6O4. The number of benzene rings is 1. The molecule has 0 radical (unpaired) electrons. The molecule has 40 heavy (non-hydrogen) atoms. The maximum Gasteiger partial charge on any atom is 0.352 e. The minimum absolute atomic E-state index is 0.0299. The molecule has 10 nitrogen and oxygen atoms in total. The van der Waals surface area contributed by atoms with Crippen LogP contribution in [0, 0.1) is 17.1 Å². The van der Waals surface area contributed by atoms with Crippen LogP contribution in [0.2, 0.25) is 0 Å². The van der Waals surface area contributed by atoms with E-state index in [2.05, 4.69) is 20.1 Å². The van der Waals surface area contributed by atoms with Gasteiger partial charge in [0.15, 0.2) is 0 Å². The zero-order valence-electron chi connectivity index (χ0n) is 22.0. The number of nitriles is 1. The first-order chi connectivity index (χ1) is 19.5. The number of carboxylic acid groups (broad SMARTS) is 1. The van der Waals surface area contributed by atoms with Crippen molar-refractivity contribution in [1.82, 2.24) is 14.9 Å². The van der Waals surface area contributed by atoms with Gasteiger partial charge in [-0.05, 0) is 56.6 Å². The fourth-order valence-corrected chi connectivity index (χ4v) is 5.61. The first-order valence-corrected chi connectivity index (χ1v) is 13.6. The fraction of sp³-hybridized carbons (Fsp3) is 0.414. The quantitative estimate of drug-likeness (QED) is 0.366. The van der Waals surface area contributed by atoms with E-state index in [0.29, 0.717) is 17.4 Å². The van der Waals surface area contributed by atoms with E-state index in [1.54, 1.807) is 24.3 Å². The van der Waals surface area contributed by atoms with E-state index in [1.165, 1.54) is 6.07 Å². The average molecular weight is 547 g/mol. The van der Waals surface area contributed by atoms with Gasteiger partial charge in [0.1, 0.15) is 30.1 Å². The molecule has 0 aliphatic carbocycles. The lowest BCUT2D eigenvalue weighted by molar-refractivity contribution is -0.0452. The second-order valence-electron chi connectivity index (χ2n) is 10.5. The number of H-pyrrole nitrogens is 1. The van der Waals surface area contributed by atoms with E-state index in [-0.39, 0.29) is 30.1 Å². The molecule has 0 amide bonds.